The van der Waals surface area contributed by atoms with Crippen molar-refractivity contribution in [3.8, 4) is 11.6 Å². The van der Waals surface area contributed by atoms with Crippen LogP contribution in [0.3, 0.4) is 0 Å². The zero-order chi connectivity index (χ0) is 29.2. The van der Waals surface area contributed by atoms with Crippen molar-refractivity contribution in [2.24, 2.45) is 0 Å². The van der Waals surface area contributed by atoms with E-state index < -0.39 is 29.0 Å². The second-order valence-electron chi connectivity index (χ2n) is 8.81. The predicted octanol–water partition coefficient (Wildman–Crippen LogP) is 4.29. The van der Waals surface area contributed by atoms with E-state index in [-0.39, 0.29) is 31.2 Å². The molecule has 12 nitrogen and oxygen atoms in total. The Kier molecular flexibility index (Phi) is 9.39. The summed E-state index contributed by atoms with van der Waals surface area (Å²) in [4.78, 5) is 48.2. The molecule has 1 heterocycles. The number of alkyl carbamates (subject to hydrolysis) is 1. The van der Waals surface area contributed by atoms with Crippen molar-refractivity contribution in [3.05, 3.63) is 118 Å². The molecule has 1 N–H and O–H groups in total. The van der Waals surface area contributed by atoms with Crippen LogP contribution < -0.4 is 10.1 Å². The summed E-state index contributed by atoms with van der Waals surface area (Å²) < 4.78 is 17.4. The first-order valence-electron chi connectivity index (χ1n) is 12.5. The summed E-state index contributed by atoms with van der Waals surface area (Å²) in [6, 6.07) is 22.2. The maximum absolute atomic E-state index is 13.2. The van der Waals surface area contributed by atoms with Gasteiger partial charge in [0, 0.05) is 31.0 Å². The number of rotatable bonds is 11. The van der Waals surface area contributed by atoms with Crippen molar-refractivity contribution in [1.29, 1.82) is 0 Å². The Bertz CT molecular complexity index is 1510. The first-order valence-corrected chi connectivity index (χ1v) is 12.5. The van der Waals surface area contributed by atoms with Crippen molar-refractivity contribution in [3.63, 3.8) is 0 Å². The molecule has 0 saturated carbocycles. The zero-order valence-electron chi connectivity index (χ0n) is 22.0. The van der Waals surface area contributed by atoms with Gasteiger partial charge in [0.2, 0.25) is 5.88 Å². The summed E-state index contributed by atoms with van der Waals surface area (Å²) in [6.45, 7) is 1.15. The van der Waals surface area contributed by atoms with Crippen LogP contribution in [0.25, 0.3) is 5.69 Å². The van der Waals surface area contributed by atoms with E-state index in [1.807, 2.05) is 12.1 Å². The number of esters is 2. The van der Waals surface area contributed by atoms with Gasteiger partial charge in [-0.15, -0.1) is 0 Å². The van der Waals surface area contributed by atoms with Gasteiger partial charge in [0.15, 0.2) is 0 Å². The molecule has 12 heteroatoms. The number of carbonyl (C=O) groups excluding carboxylic acids is 3. The molecule has 210 valence electrons. The monoisotopic (exact) mass is 558 g/mol. The summed E-state index contributed by atoms with van der Waals surface area (Å²) in [5.41, 5.74) is 2.04. The second kappa shape index (κ2) is 13.5. The minimum absolute atomic E-state index is 0.0186. The van der Waals surface area contributed by atoms with Crippen LogP contribution in [0.5, 0.6) is 5.88 Å². The molecule has 4 rings (SSSR count). The molecule has 0 aliphatic rings. The van der Waals surface area contributed by atoms with E-state index in [4.69, 9.17) is 14.2 Å². The minimum Gasteiger partial charge on any atom is -0.459 e. The van der Waals surface area contributed by atoms with E-state index >= 15 is 0 Å². The Labute approximate surface area is 234 Å². The topological polar surface area (TPSA) is 152 Å². The fourth-order valence-electron chi connectivity index (χ4n) is 3.81. The summed E-state index contributed by atoms with van der Waals surface area (Å²) in [5.74, 6) is -1.43. The molecule has 0 bridgehead atoms. The van der Waals surface area contributed by atoms with E-state index in [1.165, 1.54) is 42.1 Å². The molecule has 1 amide bonds. The number of hydrogen-bond donors (Lipinski definition) is 1. The molecule has 0 saturated heterocycles. The molecule has 4 aromatic rings. The highest BCUT2D eigenvalue weighted by molar-refractivity contribution is 5.82. The summed E-state index contributed by atoms with van der Waals surface area (Å²) in [5, 5.41) is 17.8. The fraction of sp³-hybridized carbons (Fsp3) is 0.172. The maximum Gasteiger partial charge on any atom is 0.408 e. The number of amides is 1. The lowest BCUT2D eigenvalue weighted by Gasteiger charge is -2.18. The van der Waals surface area contributed by atoms with Crippen LogP contribution in [0, 0.1) is 10.1 Å². The lowest BCUT2D eigenvalue weighted by atomic mass is 10.1. The van der Waals surface area contributed by atoms with Crippen molar-refractivity contribution in [1.82, 2.24) is 15.1 Å². The standard InChI is InChI=1S/C29H26N4O8/c1-20(34)41-27-23(17-30-32(27)24-12-14-25(15-13-24)33(37)38)16-26(28(35)39-18-21-8-4-2-5-9-21)31-29(36)40-19-22-10-6-3-7-11-22/h2-15,17,26H,16,18-19H2,1H3,(H,31,36)/t26-/m0/s1. The maximum atomic E-state index is 13.2. The fourth-order valence-corrected chi connectivity index (χ4v) is 3.81. The number of nitrogens with one attached hydrogen (secondary N) is 1. The van der Waals surface area contributed by atoms with Crippen LogP contribution in [-0.2, 0) is 38.7 Å². The number of nitro benzene ring substituents is 1. The highest BCUT2D eigenvalue weighted by Gasteiger charge is 2.28. The van der Waals surface area contributed by atoms with Gasteiger partial charge in [0.25, 0.3) is 5.69 Å². The number of aromatic nitrogens is 2. The molecule has 0 aliphatic heterocycles. The van der Waals surface area contributed by atoms with E-state index in [9.17, 15) is 24.5 Å². The SMILES string of the molecule is CC(=O)Oc1c(C[C@H](NC(=O)OCc2ccccc2)C(=O)OCc2ccccc2)cnn1-c1ccc([N+](=O)[O-])cc1. The third-order valence-electron chi connectivity index (χ3n) is 5.78. The molecule has 0 aliphatic carbocycles. The van der Waals surface area contributed by atoms with Crippen LogP contribution in [-0.4, -0.2) is 38.8 Å². The summed E-state index contributed by atoms with van der Waals surface area (Å²) in [7, 11) is 0. The van der Waals surface area contributed by atoms with Gasteiger partial charge in [-0.1, -0.05) is 60.7 Å². The molecular weight excluding hydrogens is 532 g/mol. The number of ether oxygens (including phenoxy) is 3. The van der Waals surface area contributed by atoms with Gasteiger partial charge in [-0.05, 0) is 23.3 Å². The van der Waals surface area contributed by atoms with Crippen molar-refractivity contribution in [2.75, 3.05) is 0 Å². The first kappa shape index (κ1) is 28.5. The van der Waals surface area contributed by atoms with Crippen molar-refractivity contribution >= 4 is 23.7 Å². The van der Waals surface area contributed by atoms with Gasteiger partial charge in [-0.25, -0.2) is 14.3 Å². The van der Waals surface area contributed by atoms with Gasteiger partial charge >= 0.3 is 18.0 Å². The lowest BCUT2D eigenvalue weighted by Crippen LogP contribution is -2.43. The van der Waals surface area contributed by atoms with Gasteiger partial charge in [-0.3, -0.25) is 14.9 Å². The van der Waals surface area contributed by atoms with Gasteiger partial charge < -0.3 is 19.5 Å². The van der Waals surface area contributed by atoms with Crippen molar-refractivity contribution in [2.45, 2.75) is 32.6 Å². The van der Waals surface area contributed by atoms with Crippen LogP contribution >= 0.6 is 0 Å². The largest absolute Gasteiger partial charge is 0.459 e. The van der Waals surface area contributed by atoms with Gasteiger partial charge in [-0.2, -0.15) is 5.10 Å². The number of carbonyl (C=O) groups is 3. The van der Waals surface area contributed by atoms with Crippen LogP contribution in [0.1, 0.15) is 23.6 Å². The number of non-ortho nitro benzene ring substituents is 1. The van der Waals surface area contributed by atoms with Crippen LogP contribution in [0.4, 0.5) is 10.5 Å². The number of nitro groups is 1. The highest BCUT2D eigenvalue weighted by atomic mass is 16.6. The Balaban J connectivity index is 1.56. The number of hydrogen-bond acceptors (Lipinski definition) is 9. The normalized spacial score (nSPS) is 11.2. The average Bonchev–Trinajstić information content (AvgIpc) is 3.36. The molecule has 0 spiro atoms. The lowest BCUT2D eigenvalue weighted by molar-refractivity contribution is -0.384. The zero-order valence-corrected chi connectivity index (χ0v) is 22.0. The van der Waals surface area contributed by atoms with E-state index in [2.05, 4.69) is 10.4 Å². The predicted molar refractivity (Wildman–Crippen MR) is 145 cm³/mol. The highest BCUT2D eigenvalue weighted by Crippen LogP contribution is 2.26. The average molecular weight is 559 g/mol. The molecule has 0 unspecified atom stereocenters. The molecule has 1 aromatic heterocycles. The number of nitrogens with zero attached hydrogens (tertiary/aromatic N) is 3. The van der Waals surface area contributed by atoms with E-state index in [0.717, 1.165) is 11.1 Å². The second-order valence-corrected chi connectivity index (χ2v) is 8.81. The Morgan fingerprint density at radius 2 is 1.49 bits per heavy atom. The van der Waals surface area contributed by atoms with Gasteiger partial charge in [0.1, 0.15) is 19.3 Å². The third kappa shape index (κ3) is 7.99. The van der Waals surface area contributed by atoms with E-state index in [1.54, 1.807) is 48.5 Å². The molecule has 0 radical (unpaired) electrons. The summed E-state index contributed by atoms with van der Waals surface area (Å²) in [6.07, 6.45) is 0.352. The smallest absolute Gasteiger partial charge is 0.408 e. The van der Waals surface area contributed by atoms with Crippen LogP contribution in [0.2, 0.25) is 0 Å². The van der Waals surface area contributed by atoms with Crippen molar-refractivity contribution < 1.29 is 33.5 Å². The Morgan fingerprint density at radius 3 is 2.05 bits per heavy atom. The minimum atomic E-state index is -1.23. The molecule has 3 aromatic carbocycles. The third-order valence-corrected chi connectivity index (χ3v) is 5.78. The Morgan fingerprint density at radius 1 is 0.902 bits per heavy atom. The molecule has 1 atom stereocenters. The van der Waals surface area contributed by atoms with Gasteiger partial charge in [0.05, 0.1) is 16.8 Å². The Hall–Kier alpha value is -5.52. The molecule has 41 heavy (non-hydrogen) atoms. The van der Waals surface area contributed by atoms with Crippen LogP contribution in [0.15, 0.2) is 91.1 Å². The first-order chi connectivity index (χ1) is 19.8. The quantitative estimate of drug-likeness (QED) is 0.161. The molecular formula is C29H26N4O8. The number of benzene rings is 3. The van der Waals surface area contributed by atoms with E-state index in [0.29, 0.717) is 11.3 Å². The summed E-state index contributed by atoms with van der Waals surface area (Å²) >= 11 is 0. The molecule has 0 fully saturated rings.